The van der Waals surface area contributed by atoms with E-state index in [1.165, 1.54) is 30.1 Å². The van der Waals surface area contributed by atoms with Crippen molar-refractivity contribution in [2.24, 2.45) is 0 Å². The number of aromatic nitrogens is 3. The van der Waals surface area contributed by atoms with E-state index in [-0.39, 0.29) is 5.78 Å². The van der Waals surface area contributed by atoms with E-state index in [1.807, 2.05) is 12.3 Å². The van der Waals surface area contributed by atoms with Gasteiger partial charge in [-0.15, -0.1) is 16.4 Å². The Morgan fingerprint density at radius 1 is 1.37 bits per heavy atom. The zero-order valence-electron chi connectivity index (χ0n) is 11.1. The van der Waals surface area contributed by atoms with Gasteiger partial charge in [-0.1, -0.05) is 5.21 Å². The molecule has 2 aromatic heterocycles. The summed E-state index contributed by atoms with van der Waals surface area (Å²) in [5.41, 5.74) is 2.42. The summed E-state index contributed by atoms with van der Waals surface area (Å²) in [6.45, 7) is 5.05. The molecule has 0 unspecified atom stereocenters. The summed E-state index contributed by atoms with van der Waals surface area (Å²) < 4.78 is 6.26. The Bertz CT molecular complexity index is 657. The molecule has 19 heavy (non-hydrogen) atoms. The number of methoxy groups -OCH3 is 1. The van der Waals surface area contributed by atoms with Gasteiger partial charge in [0, 0.05) is 6.92 Å². The summed E-state index contributed by atoms with van der Waals surface area (Å²) in [5.74, 6) is -0.580. The van der Waals surface area contributed by atoms with Gasteiger partial charge in [0.25, 0.3) is 0 Å². The molecule has 0 aliphatic rings. The van der Waals surface area contributed by atoms with E-state index in [4.69, 9.17) is 4.74 Å². The molecule has 0 atom stereocenters. The Labute approximate surface area is 114 Å². The number of rotatable bonds is 3. The van der Waals surface area contributed by atoms with Crippen molar-refractivity contribution in [2.75, 3.05) is 7.11 Å². The third kappa shape index (κ3) is 2.17. The zero-order chi connectivity index (χ0) is 14.2. The highest BCUT2D eigenvalue weighted by Crippen LogP contribution is 2.27. The molecule has 0 saturated heterocycles. The maximum Gasteiger partial charge on any atom is 0.350 e. The van der Waals surface area contributed by atoms with Crippen LogP contribution in [-0.2, 0) is 4.74 Å². The second kappa shape index (κ2) is 4.93. The Morgan fingerprint density at radius 3 is 2.58 bits per heavy atom. The number of thiophene rings is 1. The maximum atomic E-state index is 11.7. The Balaban J connectivity index is 2.62. The summed E-state index contributed by atoms with van der Waals surface area (Å²) in [6, 6.07) is 0. The molecule has 0 amide bonds. The fourth-order valence-corrected chi connectivity index (χ4v) is 2.75. The molecule has 2 rings (SSSR count). The van der Waals surface area contributed by atoms with Crippen LogP contribution in [0, 0.1) is 13.8 Å². The lowest BCUT2D eigenvalue weighted by molar-refractivity contribution is 0.0606. The van der Waals surface area contributed by atoms with Crippen LogP contribution in [-0.4, -0.2) is 33.9 Å². The second-order valence-corrected chi connectivity index (χ2v) is 4.96. The van der Waals surface area contributed by atoms with Crippen LogP contribution in [0.5, 0.6) is 0 Å². The van der Waals surface area contributed by atoms with Gasteiger partial charge in [-0.3, -0.25) is 4.79 Å². The molecule has 0 aliphatic carbocycles. The summed E-state index contributed by atoms with van der Waals surface area (Å²) >= 11 is 1.28. The average Bonchev–Trinajstić information content (AvgIpc) is 2.91. The van der Waals surface area contributed by atoms with Crippen molar-refractivity contribution in [3.8, 4) is 5.69 Å². The first-order chi connectivity index (χ1) is 8.97. The molecular formula is C12H13N3O3S. The summed E-state index contributed by atoms with van der Waals surface area (Å²) in [7, 11) is 1.33. The lowest BCUT2D eigenvalue weighted by atomic mass is 10.2. The molecule has 0 aromatic carbocycles. The molecule has 0 aliphatic heterocycles. The van der Waals surface area contributed by atoms with Crippen molar-refractivity contribution in [1.29, 1.82) is 0 Å². The molecule has 0 radical (unpaired) electrons. The topological polar surface area (TPSA) is 74.1 Å². The fourth-order valence-electron chi connectivity index (χ4n) is 1.81. The van der Waals surface area contributed by atoms with Crippen molar-refractivity contribution >= 4 is 23.1 Å². The number of hydrogen-bond acceptors (Lipinski definition) is 6. The predicted octanol–water partition coefficient (Wildman–Crippen LogP) is 1.93. The largest absolute Gasteiger partial charge is 0.465 e. The van der Waals surface area contributed by atoms with Gasteiger partial charge in [-0.05, 0) is 24.8 Å². The summed E-state index contributed by atoms with van der Waals surface area (Å²) in [5, 5.41) is 9.66. The number of carbonyl (C=O) groups excluding carboxylic acids is 2. The molecule has 0 spiro atoms. The monoisotopic (exact) mass is 279 g/mol. The van der Waals surface area contributed by atoms with Crippen LogP contribution in [0.4, 0.5) is 0 Å². The number of esters is 1. The number of Topliss-reactive ketones (excluding diaryl/α,β-unsaturated/α-hetero) is 1. The van der Waals surface area contributed by atoms with Crippen LogP contribution >= 0.6 is 11.3 Å². The minimum absolute atomic E-state index is 0.156. The van der Waals surface area contributed by atoms with E-state index in [2.05, 4.69) is 10.3 Å². The van der Waals surface area contributed by atoms with Crippen molar-refractivity contribution in [1.82, 2.24) is 15.0 Å². The van der Waals surface area contributed by atoms with Crippen LogP contribution in [0.25, 0.3) is 5.69 Å². The molecule has 100 valence electrons. The number of ketones is 1. The number of carbonyl (C=O) groups is 2. The first kappa shape index (κ1) is 13.4. The van der Waals surface area contributed by atoms with E-state index >= 15 is 0 Å². The molecule has 0 N–H and O–H groups in total. The van der Waals surface area contributed by atoms with E-state index in [0.717, 1.165) is 5.56 Å². The molecule has 2 heterocycles. The van der Waals surface area contributed by atoms with Crippen molar-refractivity contribution in [2.45, 2.75) is 20.8 Å². The first-order valence-electron chi connectivity index (χ1n) is 5.57. The normalized spacial score (nSPS) is 10.5. The number of ether oxygens (including phenoxy) is 1. The minimum atomic E-state index is -0.424. The number of nitrogens with zero attached hydrogens (tertiary/aromatic N) is 3. The molecule has 0 bridgehead atoms. The summed E-state index contributed by atoms with van der Waals surface area (Å²) in [4.78, 5) is 23.6. The van der Waals surface area contributed by atoms with E-state index in [0.29, 0.717) is 22.0 Å². The van der Waals surface area contributed by atoms with Crippen molar-refractivity contribution < 1.29 is 14.3 Å². The van der Waals surface area contributed by atoms with Gasteiger partial charge in [-0.2, -0.15) is 0 Å². The predicted molar refractivity (Wildman–Crippen MR) is 70.1 cm³/mol. The highest BCUT2D eigenvalue weighted by Gasteiger charge is 2.22. The van der Waals surface area contributed by atoms with Gasteiger partial charge < -0.3 is 4.74 Å². The van der Waals surface area contributed by atoms with Gasteiger partial charge in [-0.25, -0.2) is 9.48 Å². The van der Waals surface area contributed by atoms with Gasteiger partial charge in [0.05, 0.1) is 18.5 Å². The molecule has 0 saturated carbocycles. The Morgan fingerprint density at radius 2 is 2.05 bits per heavy atom. The van der Waals surface area contributed by atoms with Crippen LogP contribution in [0.3, 0.4) is 0 Å². The first-order valence-corrected chi connectivity index (χ1v) is 6.45. The van der Waals surface area contributed by atoms with E-state index in [1.54, 1.807) is 6.92 Å². The average molecular weight is 279 g/mol. The molecule has 7 heteroatoms. The highest BCUT2D eigenvalue weighted by atomic mass is 32.1. The van der Waals surface area contributed by atoms with Crippen molar-refractivity contribution in [3.05, 3.63) is 27.2 Å². The fraction of sp³-hybridized carbons (Fsp3) is 0.333. The van der Waals surface area contributed by atoms with E-state index in [9.17, 15) is 9.59 Å². The second-order valence-electron chi connectivity index (χ2n) is 4.08. The SMILES string of the molecule is COC(=O)c1scc(C)c1-n1nnc(C(C)=O)c1C. The van der Waals surface area contributed by atoms with Gasteiger partial charge >= 0.3 is 5.97 Å². The van der Waals surface area contributed by atoms with Gasteiger partial charge in [0.2, 0.25) is 0 Å². The van der Waals surface area contributed by atoms with Crippen LogP contribution in [0.2, 0.25) is 0 Å². The molecule has 6 nitrogen and oxygen atoms in total. The number of aryl methyl sites for hydroxylation is 1. The van der Waals surface area contributed by atoms with Crippen LogP contribution < -0.4 is 0 Å². The minimum Gasteiger partial charge on any atom is -0.465 e. The summed E-state index contributed by atoms with van der Waals surface area (Å²) in [6.07, 6.45) is 0. The lowest BCUT2D eigenvalue weighted by Crippen LogP contribution is -2.08. The standard InChI is InChI=1S/C12H13N3O3S/c1-6-5-19-11(12(17)18-4)10(6)15-7(2)9(8(3)16)13-14-15/h5H,1-4H3. The van der Waals surface area contributed by atoms with Crippen molar-refractivity contribution in [3.63, 3.8) is 0 Å². The van der Waals surface area contributed by atoms with E-state index < -0.39 is 5.97 Å². The van der Waals surface area contributed by atoms with Crippen LogP contribution in [0.1, 0.15) is 38.3 Å². The Hall–Kier alpha value is -2.02. The zero-order valence-corrected chi connectivity index (χ0v) is 11.9. The Kier molecular flexibility index (Phi) is 3.48. The lowest BCUT2D eigenvalue weighted by Gasteiger charge is -2.05. The maximum absolute atomic E-state index is 11.7. The molecule has 2 aromatic rings. The molecule has 0 fully saturated rings. The quantitative estimate of drug-likeness (QED) is 0.634. The molecular weight excluding hydrogens is 266 g/mol. The van der Waals surface area contributed by atoms with Gasteiger partial charge in [0.1, 0.15) is 4.88 Å². The highest BCUT2D eigenvalue weighted by molar-refractivity contribution is 7.12. The third-order valence-corrected chi connectivity index (χ3v) is 3.82. The third-order valence-electron chi connectivity index (χ3n) is 2.75. The van der Waals surface area contributed by atoms with Gasteiger partial charge in [0.15, 0.2) is 11.5 Å². The van der Waals surface area contributed by atoms with Crippen LogP contribution in [0.15, 0.2) is 5.38 Å². The number of hydrogen-bond donors (Lipinski definition) is 0. The smallest absolute Gasteiger partial charge is 0.350 e.